The van der Waals surface area contributed by atoms with Crippen LogP contribution in [0.15, 0.2) is 0 Å². The Morgan fingerprint density at radius 2 is 2.20 bits per heavy atom. The van der Waals surface area contributed by atoms with Crippen molar-refractivity contribution in [3.63, 3.8) is 0 Å². The zero-order chi connectivity index (χ0) is 4.12. The van der Waals surface area contributed by atoms with E-state index in [0.29, 0.717) is 0 Å². The molecule has 0 bridgehead atoms. The van der Waals surface area contributed by atoms with Crippen LogP contribution >= 0.6 is 0 Å². The summed E-state index contributed by atoms with van der Waals surface area (Å²) in [4.78, 5) is 0. The van der Waals surface area contributed by atoms with Crippen LogP contribution in [0.2, 0.25) is 3.93 Å². The van der Waals surface area contributed by atoms with E-state index in [1.54, 1.807) is 0 Å². The Balaban J connectivity index is 2.19. The third-order valence-electron chi connectivity index (χ3n) is 0.604. The molecule has 0 unspecified atom stereocenters. The first kappa shape index (κ1) is 5.94. The fourth-order valence-electron chi connectivity index (χ4n) is 0.250. The van der Waals surface area contributed by atoms with E-state index in [2.05, 4.69) is 6.92 Å². The van der Waals surface area contributed by atoms with Gasteiger partial charge in [0.05, 0.1) is 0 Å². The molecule has 0 radical (unpaired) electrons. The minimum atomic E-state index is 1.07. The number of hydrogen-bond acceptors (Lipinski definition) is 0. The van der Waals surface area contributed by atoms with Gasteiger partial charge < -0.3 is 0 Å². The van der Waals surface area contributed by atoms with Crippen LogP contribution in [0.1, 0.15) is 19.8 Å². The molecule has 0 saturated heterocycles. The molecular weight excluding hydrogens is 249 g/mol. The van der Waals surface area contributed by atoms with Crippen LogP contribution in [0.4, 0.5) is 0 Å². The molecule has 0 heterocycles. The summed E-state index contributed by atoms with van der Waals surface area (Å²) in [5.41, 5.74) is 0. The quantitative estimate of drug-likeness (QED) is 0.662. The van der Waals surface area contributed by atoms with Gasteiger partial charge in [0.15, 0.2) is 0 Å². The zero-order valence-corrected chi connectivity index (χ0v) is 9.33. The Morgan fingerprint density at radius 3 is 2.20 bits per heavy atom. The van der Waals surface area contributed by atoms with Crippen molar-refractivity contribution in [1.29, 1.82) is 0 Å². The topological polar surface area (TPSA) is 0 Å². The Morgan fingerprint density at radius 1 is 1.60 bits per heavy atom. The normalized spacial score (nSPS) is 8.60. The van der Waals surface area contributed by atoms with E-state index in [4.69, 9.17) is 0 Å². The molecule has 0 spiro atoms. The van der Waals surface area contributed by atoms with Crippen LogP contribution in [0.25, 0.3) is 0 Å². The van der Waals surface area contributed by atoms with Crippen molar-refractivity contribution in [2.24, 2.45) is 0 Å². The number of unbranched alkanes of at least 4 members (excludes halogenated alkanes) is 1. The van der Waals surface area contributed by atoms with Crippen LogP contribution in [0, 0.1) is 0 Å². The average Bonchev–Trinajstić information content (AvgIpc) is 1.41. The molecule has 0 aromatic heterocycles. The molecule has 0 fully saturated rings. The van der Waals surface area contributed by atoms with Gasteiger partial charge in [0.2, 0.25) is 0 Å². The van der Waals surface area contributed by atoms with E-state index in [-0.39, 0.29) is 0 Å². The van der Waals surface area contributed by atoms with E-state index in [9.17, 15) is 0 Å². The van der Waals surface area contributed by atoms with Crippen LogP contribution < -0.4 is 0 Å². The Bertz CT molecular complexity index is 11.1. The molecular formula is C4H9Hg+. The summed E-state index contributed by atoms with van der Waals surface area (Å²) in [6.07, 6.45) is 2.87. The first-order valence-corrected chi connectivity index (χ1v) is 6.09. The van der Waals surface area contributed by atoms with Crippen molar-refractivity contribution < 1.29 is 26.1 Å². The van der Waals surface area contributed by atoms with Crippen molar-refractivity contribution >= 4 is 0 Å². The monoisotopic (exact) mass is 259 g/mol. The van der Waals surface area contributed by atoms with Gasteiger partial charge in [-0.3, -0.25) is 0 Å². The molecule has 0 amide bonds. The van der Waals surface area contributed by atoms with Crippen LogP contribution in [-0.2, 0) is 26.1 Å². The van der Waals surface area contributed by atoms with Crippen molar-refractivity contribution in [3.05, 3.63) is 0 Å². The van der Waals surface area contributed by atoms with Crippen molar-refractivity contribution in [2.75, 3.05) is 0 Å². The molecule has 0 rings (SSSR count). The summed E-state index contributed by atoms with van der Waals surface area (Å²) >= 11 is 1.07. The molecule has 26 valence electrons. The van der Waals surface area contributed by atoms with Crippen molar-refractivity contribution in [3.8, 4) is 0 Å². The van der Waals surface area contributed by atoms with Gasteiger partial charge in [0.1, 0.15) is 0 Å². The second-order valence-electron chi connectivity index (χ2n) is 1.21. The molecule has 1 heteroatoms. The summed E-state index contributed by atoms with van der Waals surface area (Å²) in [5, 5.41) is 0. The molecule has 0 aromatic rings. The molecule has 0 nitrogen and oxygen atoms in total. The standard InChI is InChI=1S/C4H9.Hg/c1-3-4-2;/h1,3-4H2,2H3;/q;+1. The summed E-state index contributed by atoms with van der Waals surface area (Å²) in [6.45, 7) is 2.24. The summed E-state index contributed by atoms with van der Waals surface area (Å²) in [6, 6.07) is 0. The fraction of sp³-hybridized carbons (Fsp3) is 1.00. The molecule has 5 heavy (non-hydrogen) atoms. The second kappa shape index (κ2) is 4.94. The Labute approximate surface area is 49.9 Å². The molecule has 0 aliphatic heterocycles. The number of rotatable bonds is 2. The maximum absolute atomic E-state index is 2.24. The van der Waals surface area contributed by atoms with Gasteiger partial charge in [-0.05, 0) is 0 Å². The van der Waals surface area contributed by atoms with Crippen molar-refractivity contribution in [2.45, 2.75) is 23.7 Å². The zero-order valence-electron chi connectivity index (χ0n) is 3.83. The molecule has 0 aromatic carbocycles. The van der Waals surface area contributed by atoms with Gasteiger partial charge >= 0.3 is 49.8 Å². The van der Waals surface area contributed by atoms with Gasteiger partial charge in [-0.1, -0.05) is 0 Å². The van der Waals surface area contributed by atoms with Crippen LogP contribution in [0.5, 0.6) is 0 Å². The Kier molecular flexibility index (Phi) is 5.86. The van der Waals surface area contributed by atoms with E-state index < -0.39 is 0 Å². The van der Waals surface area contributed by atoms with Gasteiger partial charge in [0, 0.05) is 0 Å². The minimum absolute atomic E-state index is 1.07. The predicted octanol–water partition coefficient (Wildman–Crippen LogP) is 1.75. The van der Waals surface area contributed by atoms with E-state index >= 15 is 0 Å². The van der Waals surface area contributed by atoms with Crippen molar-refractivity contribution in [1.82, 2.24) is 0 Å². The van der Waals surface area contributed by atoms with Crippen LogP contribution in [-0.4, -0.2) is 0 Å². The molecule has 0 saturated carbocycles. The van der Waals surface area contributed by atoms with E-state index in [0.717, 1.165) is 26.1 Å². The number of hydrogen-bond donors (Lipinski definition) is 0. The molecule has 0 aliphatic carbocycles. The average molecular weight is 258 g/mol. The van der Waals surface area contributed by atoms with Gasteiger partial charge in [-0.15, -0.1) is 0 Å². The maximum atomic E-state index is 2.24. The summed E-state index contributed by atoms with van der Waals surface area (Å²) in [7, 11) is 0. The fourth-order valence-corrected chi connectivity index (χ4v) is 2.19. The van der Waals surface area contributed by atoms with Gasteiger partial charge in [-0.2, -0.15) is 0 Å². The first-order valence-electron chi connectivity index (χ1n) is 2.21. The van der Waals surface area contributed by atoms with Gasteiger partial charge in [0.25, 0.3) is 0 Å². The molecule has 0 atom stereocenters. The third kappa shape index (κ3) is 4.94. The predicted molar refractivity (Wildman–Crippen MR) is 19.7 cm³/mol. The summed E-state index contributed by atoms with van der Waals surface area (Å²) < 4.78 is 1.54. The first-order chi connectivity index (χ1) is 2.41. The van der Waals surface area contributed by atoms with Gasteiger partial charge in [-0.25, -0.2) is 0 Å². The van der Waals surface area contributed by atoms with E-state index in [1.807, 2.05) is 0 Å². The summed E-state index contributed by atoms with van der Waals surface area (Å²) in [5.74, 6) is 0. The SMILES string of the molecule is CCC[CH2][Hg+]. The van der Waals surface area contributed by atoms with Crippen LogP contribution in [0.3, 0.4) is 0 Å². The second-order valence-corrected chi connectivity index (χ2v) is 3.96. The molecule has 0 aliphatic rings. The molecule has 0 N–H and O–H groups in total. The Hall–Kier alpha value is 0.935. The third-order valence-corrected chi connectivity index (χ3v) is 2.55. The van der Waals surface area contributed by atoms with E-state index in [1.165, 1.54) is 16.8 Å².